The van der Waals surface area contributed by atoms with Gasteiger partial charge in [0.1, 0.15) is 12.5 Å². The predicted octanol–water partition coefficient (Wildman–Crippen LogP) is -0.373. The van der Waals surface area contributed by atoms with Crippen molar-refractivity contribution < 1.29 is 9.90 Å². The fourth-order valence-electron chi connectivity index (χ4n) is 0.812. The number of hydrogen-bond acceptors (Lipinski definition) is 3. The molecule has 1 rings (SSSR count). The van der Waals surface area contributed by atoms with Gasteiger partial charge in [0.15, 0.2) is 0 Å². The molecule has 0 saturated heterocycles. The number of carbonyl (C=O) groups is 1. The van der Waals surface area contributed by atoms with Crippen molar-refractivity contribution in [1.29, 1.82) is 0 Å². The molecule has 0 atom stereocenters. The number of hydrogen-bond donors (Lipinski definition) is 2. The second kappa shape index (κ2) is 2.09. The smallest absolute Gasteiger partial charge is 0.414 e. The van der Waals surface area contributed by atoms with E-state index in [-0.39, 0.29) is 5.82 Å². The molecule has 0 aliphatic carbocycles. The van der Waals surface area contributed by atoms with E-state index in [0.717, 1.165) is 4.90 Å². The standard InChI is InChI=1S/C5H9N3O2/c1-7-2-4(6)8(3-7)5(9)10/h2H,3,6H2,1H3,(H,9,10). The molecule has 5 heteroatoms. The third-order valence-electron chi connectivity index (χ3n) is 1.26. The summed E-state index contributed by atoms with van der Waals surface area (Å²) in [6.07, 6.45) is 0.562. The van der Waals surface area contributed by atoms with Gasteiger partial charge in [0.2, 0.25) is 0 Å². The Labute approximate surface area is 58.3 Å². The van der Waals surface area contributed by atoms with E-state index in [4.69, 9.17) is 10.8 Å². The highest BCUT2D eigenvalue weighted by molar-refractivity contribution is 5.67. The summed E-state index contributed by atoms with van der Waals surface area (Å²) in [5, 5.41) is 8.48. The Kier molecular flexibility index (Phi) is 1.41. The number of nitrogens with zero attached hydrogens (tertiary/aromatic N) is 2. The largest absolute Gasteiger partial charge is 0.465 e. The monoisotopic (exact) mass is 143 g/mol. The van der Waals surface area contributed by atoms with Crippen LogP contribution in [-0.2, 0) is 0 Å². The molecule has 0 fully saturated rings. The Balaban J connectivity index is 2.68. The lowest BCUT2D eigenvalue weighted by Gasteiger charge is -2.13. The van der Waals surface area contributed by atoms with Crippen LogP contribution in [-0.4, -0.2) is 34.7 Å². The highest BCUT2D eigenvalue weighted by Crippen LogP contribution is 2.08. The average Bonchev–Trinajstić information content (AvgIpc) is 2.10. The molecule has 3 N–H and O–H groups in total. The van der Waals surface area contributed by atoms with Crippen LogP contribution < -0.4 is 5.73 Å². The van der Waals surface area contributed by atoms with Crippen LogP contribution in [0.4, 0.5) is 4.79 Å². The van der Waals surface area contributed by atoms with Crippen LogP contribution in [0.3, 0.4) is 0 Å². The van der Waals surface area contributed by atoms with Crippen LogP contribution >= 0.6 is 0 Å². The van der Waals surface area contributed by atoms with Gasteiger partial charge >= 0.3 is 6.09 Å². The molecule has 1 aliphatic rings. The normalized spacial score (nSPS) is 17.5. The van der Waals surface area contributed by atoms with E-state index in [0.29, 0.717) is 6.67 Å². The molecular formula is C5H9N3O2. The summed E-state index contributed by atoms with van der Waals surface area (Å²) in [4.78, 5) is 13.1. The molecule has 5 nitrogen and oxygen atoms in total. The summed E-state index contributed by atoms with van der Waals surface area (Å²) in [6.45, 7) is 0.321. The molecule has 0 saturated carbocycles. The summed E-state index contributed by atoms with van der Waals surface area (Å²) in [5.41, 5.74) is 5.33. The lowest BCUT2D eigenvalue weighted by atomic mass is 10.7. The van der Waals surface area contributed by atoms with Gasteiger partial charge in [-0.1, -0.05) is 0 Å². The van der Waals surface area contributed by atoms with Crippen molar-refractivity contribution in [2.75, 3.05) is 13.7 Å². The maximum absolute atomic E-state index is 10.3. The van der Waals surface area contributed by atoms with Crippen molar-refractivity contribution in [3.63, 3.8) is 0 Å². The zero-order valence-corrected chi connectivity index (χ0v) is 5.61. The number of rotatable bonds is 0. The molecule has 10 heavy (non-hydrogen) atoms. The molecule has 0 spiro atoms. The fourth-order valence-corrected chi connectivity index (χ4v) is 0.812. The van der Waals surface area contributed by atoms with Gasteiger partial charge in [-0.2, -0.15) is 0 Å². The molecule has 1 heterocycles. The Morgan fingerprint density at radius 3 is 2.70 bits per heavy atom. The third-order valence-corrected chi connectivity index (χ3v) is 1.26. The van der Waals surface area contributed by atoms with Crippen LogP contribution in [0.1, 0.15) is 0 Å². The van der Waals surface area contributed by atoms with Crippen molar-refractivity contribution >= 4 is 6.09 Å². The van der Waals surface area contributed by atoms with Gasteiger partial charge < -0.3 is 15.7 Å². The van der Waals surface area contributed by atoms with E-state index in [1.165, 1.54) is 0 Å². The molecule has 56 valence electrons. The maximum atomic E-state index is 10.3. The average molecular weight is 143 g/mol. The van der Waals surface area contributed by atoms with E-state index in [1.54, 1.807) is 18.1 Å². The number of carboxylic acid groups (broad SMARTS) is 1. The topological polar surface area (TPSA) is 69.8 Å². The highest BCUT2D eigenvalue weighted by Gasteiger charge is 2.21. The van der Waals surface area contributed by atoms with E-state index in [9.17, 15) is 4.79 Å². The first-order valence-electron chi connectivity index (χ1n) is 2.79. The summed E-state index contributed by atoms with van der Waals surface area (Å²) < 4.78 is 0. The lowest BCUT2D eigenvalue weighted by molar-refractivity contribution is 0.152. The lowest BCUT2D eigenvalue weighted by Crippen LogP contribution is -2.32. The first-order valence-corrected chi connectivity index (χ1v) is 2.79. The van der Waals surface area contributed by atoms with E-state index in [1.807, 2.05) is 0 Å². The molecule has 0 aromatic carbocycles. The molecule has 0 unspecified atom stereocenters. The minimum Gasteiger partial charge on any atom is -0.465 e. The van der Waals surface area contributed by atoms with E-state index >= 15 is 0 Å². The van der Waals surface area contributed by atoms with Crippen molar-refractivity contribution in [3.8, 4) is 0 Å². The van der Waals surface area contributed by atoms with Crippen molar-refractivity contribution in [2.24, 2.45) is 5.73 Å². The number of nitrogens with two attached hydrogens (primary N) is 1. The SMILES string of the molecule is CN1C=C(N)N(C(=O)O)C1. The van der Waals surface area contributed by atoms with Gasteiger partial charge in [-0.3, -0.25) is 0 Å². The Morgan fingerprint density at radius 2 is 2.50 bits per heavy atom. The first kappa shape index (κ1) is 6.73. The highest BCUT2D eigenvalue weighted by atomic mass is 16.4. The van der Waals surface area contributed by atoms with Crippen LogP contribution in [0, 0.1) is 0 Å². The summed E-state index contributed by atoms with van der Waals surface area (Å²) in [6, 6.07) is 0. The molecular weight excluding hydrogens is 134 g/mol. The Hall–Kier alpha value is -1.39. The fraction of sp³-hybridized carbons (Fsp3) is 0.400. The van der Waals surface area contributed by atoms with Gasteiger partial charge in [-0.05, 0) is 0 Å². The maximum Gasteiger partial charge on any atom is 0.414 e. The van der Waals surface area contributed by atoms with Crippen molar-refractivity contribution in [2.45, 2.75) is 0 Å². The molecule has 0 bridgehead atoms. The first-order chi connectivity index (χ1) is 4.61. The number of amides is 1. The van der Waals surface area contributed by atoms with Crippen molar-refractivity contribution in [1.82, 2.24) is 9.80 Å². The minimum absolute atomic E-state index is 0.273. The quantitative estimate of drug-likeness (QED) is 0.485. The Morgan fingerprint density at radius 1 is 1.90 bits per heavy atom. The van der Waals surface area contributed by atoms with E-state index < -0.39 is 6.09 Å². The second-order valence-corrected chi connectivity index (χ2v) is 2.16. The van der Waals surface area contributed by atoms with Crippen LogP contribution in [0.25, 0.3) is 0 Å². The summed E-state index contributed by atoms with van der Waals surface area (Å²) >= 11 is 0. The van der Waals surface area contributed by atoms with Crippen molar-refractivity contribution in [3.05, 3.63) is 12.0 Å². The Bertz CT molecular complexity index is 189. The van der Waals surface area contributed by atoms with Crippen LogP contribution in [0.2, 0.25) is 0 Å². The minimum atomic E-state index is -1.02. The molecule has 1 amide bonds. The zero-order valence-electron chi connectivity index (χ0n) is 5.61. The molecule has 0 aromatic rings. The zero-order chi connectivity index (χ0) is 7.72. The molecule has 0 aromatic heterocycles. The van der Waals surface area contributed by atoms with Crippen LogP contribution in [0.15, 0.2) is 12.0 Å². The summed E-state index contributed by atoms with van der Waals surface area (Å²) in [7, 11) is 1.76. The van der Waals surface area contributed by atoms with Gasteiger partial charge in [-0.15, -0.1) is 0 Å². The van der Waals surface area contributed by atoms with Gasteiger partial charge in [0.05, 0.1) is 0 Å². The summed E-state index contributed by atoms with van der Waals surface area (Å²) in [5.74, 6) is 0.273. The van der Waals surface area contributed by atoms with Gasteiger partial charge in [-0.25, -0.2) is 9.69 Å². The predicted molar refractivity (Wildman–Crippen MR) is 34.8 cm³/mol. The van der Waals surface area contributed by atoms with E-state index in [2.05, 4.69) is 0 Å². The third kappa shape index (κ3) is 0.975. The van der Waals surface area contributed by atoms with Crippen LogP contribution in [0.5, 0.6) is 0 Å². The molecule has 1 aliphatic heterocycles. The van der Waals surface area contributed by atoms with Gasteiger partial charge in [0.25, 0.3) is 0 Å². The van der Waals surface area contributed by atoms with Gasteiger partial charge in [0, 0.05) is 13.2 Å². The molecule has 0 radical (unpaired) electrons. The second-order valence-electron chi connectivity index (χ2n) is 2.16.